The van der Waals surface area contributed by atoms with E-state index in [9.17, 15) is 13.2 Å². The van der Waals surface area contributed by atoms with Crippen LogP contribution in [0.4, 0.5) is 0 Å². The van der Waals surface area contributed by atoms with Crippen LogP contribution in [0.15, 0.2) is 88.9 Å². The molecule has 0 fully saturated rings. The van der Waals surface area contributed by atoms with Gasteiger partial charge in [-0.2, -0.15) is 4.31 Å². The van der Waals surface area contributed by atoms with E-state index >= 15 is 0 Å². The second-order valence-corrected chi connectivity index (χ2v) is 10.9. The van der Waals surface area contributed by atoms with Crippen molar-refractivity contribution < 1.29 is 18.0 Å². The minimum absolute atomic E-state index is 0.0452. The molecule has 1 heterocycles. The first kappa shape index (κ1) is 24.5. The number of carbonyl (C=O) groups excluding carboxylic acids is 1. The third-order valence-corrected chi connectivity index (χ3v) is 8.40. The molecule has 0 amide bonds. The summed E-state index contributed by atoms with van der Waals surface area (Å²) in [4.78, 5) is 20.7. The molecule has 0 aliphatic heterocycles. The third kappa shape index (κ3) is 5.56. The molecule has 0 radical (unpaired) electrons. The number of rotatable bonds is 8. The molecule has 1 aromatic heterocycles. The molecule has 0 aliphatic carbocycles. The van der Waals surface area contributed by atoms with E-state index in [0.717, 1.165) is 15.8 Å². The van der Waals surface area contributed by atoms with Crippen LogP contribution >= 0.6 is 11.3 Å². The molecule has 4 aromatic rings. The number of carbonyl (C=O) groups is 1. The fourth-order valence-corrected chi connectivity index (χ4v) is 6.10. The number of hydrogen-bond acceptors (Lipinski definition) is 7. The number of sulfonamides is 1. The molecule has 0 aliphatic rings. The highest BCUT2D eigenvalue weighted by molar-refractivity contribution is 7.89. The molecule has 8 nitrogen and oxygen atoms in total. The summed E-state index contributed by atoms with van der Waals surface area (Å²) in [7, 11) is -2.23. The van der Waals surface area contributed by atoms with Crippen LogP contribution in [0.1, 0.15) is 29.1 Å². The number of nitrogens with zero attached hydrogens (tertiary/aromatic N) is 3. The molecule has 3 aromatic carbocycles. The zero-order valence-corrected chi connectivity index (χ0v) is 20.8. The van der Waals surface area contributed by atoms with Gasteiger partial charge in [-0.1, -0.05) is 53.7 Å². The normalized spacial score (nSPS) is 13.2. The smallest absolute Gasteiger partial charge is 0.332 e. The second-order valence-electron chi connectivity index (χ2n) is 7.83. The Morgan fingerprint density at radius 3 is 2.51 bits per heavy atom. The van der Waals surface area contributed by atoms with E-state index in [0.29, 0.717) is 17.0 Å². The molecule has 0 spiro atoms. The fraction of sp³-hybridized carbons (Fsp3) is 0.160. The van der Waals surface area contributed by atoms with E-state index in [1.165, 1.54) is 22.6 Å². The van der Waals surface area contributed by atoms with Gasteiger partial charge < -0.3 is 10.6 Å². The zero-order chi connectivity index (χ0) is 25.0. The summed E-state index contributed by atoms with van der Waals surface area (Å²) in [5.41, 5.74) is 8.16. The molecule has 1 unspecified atom stereocenters. The van der Waals surface area contributed by atoms with Crippen molar-refractivity contribution >= 4 is 43.4 Å². The number of para-hydroxylation sites is 1. The highest BCUT2D eigenvalue weighted by Crippen LogP contribution is 2.34. The quantitative estimate of drug-likeness (QED) is 0.166. The monoisotopic (exact) mass is 508 g/mol. The number of hydrogen-bond donors (Lipinski definition) is 1. The summed E-state index contributed by atoms with van der Waals surface area (Å²) in [6, 6.07) is 22.7. The minimum atomic E-state index is -3.79. The first-order valence-electron chi connectivity index (χ1n) is 10.7. The Hall–Kier alpha value is -3.60. The molecule has 35 heavy (non-hydrogen) atoms. The summed E-state index contributed by atoms with van der Waals surface area (Å²) in [5, 5.41) is 4.32. The molecular formula is C25H24N4O4S2. The van der Waals surface area contributed by atoms with Gasteiger partial charge in [0.05, 0.1) is 21.2 Å². The van der Waals surface area contributed by atoms with Crippen LogP contribution in [0.2, 0.25) is 0 Å². The molecular weight excluding hydrogens is 484 g/mol. The number of likely N-dealkylation sites (N-methyl/N-ethyl adjacent to an activating group) is 1. The van der Waals surface area contributed by atoms with Crippen molar-refractivity contribution in [1.82, 2.24) is 9.29 Å². The van der Waals surface area contributed by atoms with Gasteiger partial charge in [0.25, 0.3) is 0 Å². The highest BCUT2D eigenvalue weighted by atomic mass is 32.2. The predicted octanol–water partition coefficient (Wildman–Crippen LogP) is 4.08. The van der Waals surface area contributed by atoms with Crippen molar-refractivity contribution in [3.8, 4) is 0 Å². The van der Waals surface area contributed by atoms with Crippen molar-refractivity contribution in [2.75, 3.05) is 7.05 Å². The van der Waals surface area contributed by atoms with Crippen LogP contribution < -0.4 is 5.73 Å². The van der Waals surface area contributed by atoms with Gasteiger partial charge in [-0.05, 0) is 42.3 Å². The largest absolute Gasteiger partial charge is 0.380 e. The Morgan fingerprint density at radius 1 is 1.09 bits per heavy atom. The first-order chi connectivity index (χ1) is 16.8. The lowest BCUT2D eigenvalue weighted by molar-refractivity contribution is -0.140. The van der Waals surface area contributed by atoms with Crippen molar-refractivity contribution in [3.63, 3.8) is 0 Å². The van der Waals surface area contributed by atoms with E-state index in [1.54, 1.807) is 55.6 Å². The number of oxime groups is 1. The highest BCUT2D eigenvalue weighted by Gasteiger charge is 2.31. The summed E-state index contributed by atoms with van der Waals surface area (Å²) < 4.78 is 29.3. The Labute approximate surface area is 207 Å². The van der Waals surface area contributed by atoms with E-state index in [-0.39, 0.29) is 10.7 Å². The Kier molecular flexibility index (Phi) is 7.25. The van der Waals surface area contributed by atoms with Crippen molar-refractivity contribution in [2.45, 2.75) is 24.3 Å². The van der Waals surface area contributed by atoms with Gasteiger partial charge in [0.15, 0.2) is 5.84 Å². The molecule has 0 bridgehead atoms. The maximum Gasteiger partial charge on any atom is 0.332 e. The van der Waals surface area contributed by atoms with Crippen LogP contribution in [-0.4, -0.2) is 36.6 Å². The minimum Gasteiger partial charge on any atom is -0.380 e. The lowest BCUT2D eigenvalue weighted by Gasteiger charge is -2.26. The number of nitrogens with two attached hydrogens (primary N) is 1. The van der Waals surface area contributed by atoms with Gasteiger partial charge in [-0.15, -0.1) is 11.3 Å². The lowest BCUT2D eigenvalue weighted by atomic mass is 10.0. The first-order valence-corrected chi connectivity index (χ1v) is 13.0. The molecule has 2 N–H and O–H groups in total. The molecule has 0 saturated heterocycles. The molecule has 0 saturated carbocycles. The van der Waals surface area contributed by atoms with E-state index in [4.69, 9.17) is 10.7 Å². The van der Waals surface area contributed by atoms with E-state index < -0.39 is 22.0 Å². The van der Waals surface area contributed by atoms with Gasteiger partial charge in [0, 0.05) is 19.5 Å². The maximum absolute atomic E-state index is 13.5. The van der Waals surface area contributed by atoms with E-state index in [2.05, 4.69) is 9.99 Å². The van der Waals surface area contributed by atoms with Crippen LogP contribution in [0.5, 0.6) is 0 Å². The number of amidine groups is 1. The Morgan fingerprint density at radius 2 is 1.80 bits per heavy atom. The van der Waals surface area contributed by atoms with Gasteiger partial charge >= 0.3 is 5.97 Å². The molecule has 10 heteroatoms. The summed E-state index contributed by atoms with van der Waals surface area (Å²) in [6.07, 6.45) is 0.344. The maximum atomic E-state index is 13.5. The number of fused-ring (bicyclic) bond motifs is 1. The number of benzene rings is 3. The Balaban J connectivity index is 1.74. The average Bonchev–Trinajstić information content (AvgIpc) is 3.30. The van der Waals surface area contributed by atoms with Crippen molar-refractivity contribution in [3.05, 3.63) is 95.0 Å². The zero-order valence-electron chi connectivity index (χ0n) is 19.2. The van der Waals surface area contributed by atoms with E-state index in [1.807, 2.05) is 30.3 Å². The Bertz CT molecular complexity index is 1450. The molecule has 180 valence electrons. The fourth-order valence-electron chi connectivity index (χ4n) is 3.58. The number of aromatic nitrogens is 1. The lowest BCUT2D eigenvalue weighted by Crippen LogP contribution is -2.32. The van der Waals surface area contributed by atoms with Crippen LogP contribution in [0, 0.1) is 0 Å². The van der Waals surface area contributed by atoms with Gasteiger partial charge in [0.1, 0.15) is 5.01 Å². The van der Waals surface area contributed by atoms with Gasteiger partial charge in [-0.25, -0.2) is 18.2 Å². The predicted molar refractivity (Wildman–Crippen MR) is 136 cm³/mol. The summed E-state index contributed by atoms with van der Waals surface area (Å²) in [5.74, 6) is -0.531. The third-order valence-electron chi connectivity index (χ3n) is 5.38. The summed E-state index contributed by atoms with van der Waals surface area (Å²) >= 11 is 1.46. The van der Waals surface area contributed by atoms with Crippen LogP contribution in [0.25, 0.3) is 10.2 Å². The SMILES string of the molecule is CC(=O)O/N=C(/N)c1cccc(CC(c2nc3ccccc3s2)N(C)S(=O)(=O)c2ccccc2)c1. The van der Waals surface area contributed by atoms with Gasteiger partial charge in [-0.3, -0.25) is 0 Å². The van der Waals surface area contributed by atoms with Gasteiger partial charge in [0.2, 0.25) is 10.0 Å². The molecule has 1 atom stereocenters. The number of thiazole rings is 1. The average molecular weight is 509 g/mol. The van der Waals surface area contributed by atoms with Crippen LogP contribution in [0.3, 0.4) is 0 Å². The van der Waals surface area contributed by atoms with Crippen molar-refractivity contribution in [1.29, 1.82) is 0 Å². The topological polar surface area (TPSA) is 115 Å². The summed E-state index contributed by atoms with van der Waals surface area (Å²) in [6.45, 7) is 1.23. The van der Waals surface area contributed by atoms with Crippen molar-refractivity contribution in [2.24, 2.45) is 10.9 Å². The second kappa shape index (κ2) is 10.3. The molecule has 4 rings (SSSR count). The standard InChI is InChI=1S/C25H24N4O4S2/c1-17(30)33-28-24(26)19-10-8-9-18(15-19)16-22(25-27-21-13-6-7-14-23(21)34-25)29(2)35(31,32)20-11-4-3-5-12-20/h3-15,22H,16H2,1-2H3,(H2,26,28). The van der Waals surface area contributed by atoms with Crippen LogP contribution in [-0.2, 0) is 26.1 Å².